The number of piperazine rings is 1. The Morgan fingerprint density at radius 1 is 1.13 bits per heavy atom. The molecule has 0 unspecified atom stereocenters. The lowest BCUT2D eigenvalue weighted by Crippen LogP contribution is -2.46. The van der Waals surface area contributed by atoms with E-state index in [1.807, 2.05) is 24.3 Å². The smallest absolute Gasteiger partial charge is 0.196 e. The van der Waals surface area contributed by atoms with Crippen molar-refractivity contribution in [2.24, 2.45) is 5.92 Å². The van der Waals surface area contributed by atoms with E-state index >= 15 is 0 Å². The van der Waals surface area contributed by atoms with Crippen LogP contribution in [0.25, 0.3) is 22.2 Å². The molecule has 0 amide bonds. The molecule has 1 N–H and O–H groups in total. The normalized spacial score (nSPS) is 16.4. The molecule has 6 heteroatoms. The fourth-order valence-electron chi connectivity index (χ4n) is 4.54. The van der Waals surface area contributed by atoms with Crippen LogP contribution in [-0.4, -0.2) is 55.1 Å². The van der Waals surface area contributed by atoms with E-state index in [1.54, 1.807) is 0 Å². The van der Waals surface area contributed by atoms with Crippen LogP contribution in [0.4, 0.5) is 11.4 Å². The molecule has 1 aliphatic carbocycles. The second-order valence-electron chi connectivity index (χ2n) is 8.62. The second-order valence-corrected chi connectivity index (χ2v) is 8.62. The largest absolute Gasteiger partial charge is 0.384 e. The van der Waals surface area contributed by atoms with Crippen molar-refractivity contribution in [3.8, 4) is 11.3 Å². The highest BCUT2D eigenvalue weighted by Gasteiger charge is 2.34. The number of nitrogens with zero attached hydrogens (tertiary/aromatic N) is 3. The van der Waals surface area contributed by atoms with E-state index in [-0.39, 0.29) is 5.78 Å². The van der Waals surface area contributed by atoms with Crippen LogP contribution in [0.2, 0.25) is 0 Å². The first-order valence-corrected chi connectivity index (χ1v) is 10.9. The van der Waals surface area contributed by atoms with E-state index in [9.17, 15) is 4.79 Å². The van der Waals surface area contributed by atoms with E-state index in [4.69, 9.17) is 4.52 Å². The Morgan fingerprint density at radius 3 is 2.57 bits per heavy atom. The van der Waals surface area contributed by atoms with E-state index in [0.29, 0.717) is 22.8 Å². The van der Waals surface area contributed by atoms with Crippen molar-refractivity contribution < 1.29 is 9.32 Å². The van der Waals surface area contributed by atoms with Gasteiger partial charge in [0, 0.05) is 49.5 Å². The number of nitrogens with one attached hydrogen (secondary N) is 1. The second kappa shape index (κ2) is 7.43. The summed E-state index contributed by atoms with van der Waals surface area (Å²) in [7, 11) is 0. The summed E-state index contributed by atoms with van der Waals surface area (Å²) in [5.41, 5.74) is 4.94. The summed E-state index contributed by atoms with van der Waals surface area (Å²) in [6, 6.07) is 9.78. The fraction of sp³-hybridized carbons (Fsp3) is 0.417. The maximum absolute atomic E-state index is 13.5. The molecule has 30 heavy (non-hydrogen) atoms. The molecule has 2 aromatic carbocycles. The van der Waals surface area contributed by atoms with Crippen LogP contribution in [0.15, 0.2) is 34.9 Å². The number of carbonyl (C=O) groups is 1. The summed E-state index contributed by atoms with van der Waals surface area (Å²) in [6.45, 7) is 12.4. The van der Waals surface area contributed by atoms with Crippen molar-refractivity contribution in [3.63, 3.8) is 0 Å². The molecule has 156 valence electrons. The van der Waals surface area contributed by atoms with Crippen molar-refractivity contribution in [2.75, 3.05) is 49.5 Å². The van der Waals surface area contributed by atoms with Crippen LogP contribution in [0.5, 0.6) is 0 Å². The van der Waals surface area contributed by atoms with Crippen LogP contribution in [0.1, 0.15) is 36.7 Å². The Kier molecular flexibility index (Phi) is 4.74. The van der Waals surface area contributed by atoms with Crippen LogP contribution >= 0.6 is 0 Å². The summed E-state index contributed by atoms with van der Waals surface area (Å²) in [4.78, 5) is 18.3. The first-order valence-electron chi connectivity index (χ1n) is 10.9. The Hall–Kier alpha value is -2.86. The number of hydrogen-bond donors (Lipinski definition) is 1. The van der Waals surface area contributed by atoms with Gasteiger partial charge in [-0.1, -0.05) is 50.2 Å². The van der Waals surface area contributed by atoms with Gasteiger partial charge in [-0.15, -0.1) is 0 Å². The monoisotopic (exact) mass is 404 g/mol. The molecule has 0 radical (unpaired) electrons. The van der Waals surface area contributed by atoms with Gasteiger partial charge in [-0.2, -0.15) is 0 Å². The number of aromatic nitrogens is 1. The van der Waals surface area contributed by atoms with E-state index in [2.05, 4.69) is 47.1 Å². The topological polar surface area (TPSA) is 61.6 Å². The molecule has 0 saturated carbocycles. The number of benzene rings is 2. The first kappa shape index (κ1) is 19.1. The zero-order valence-electron chi connectivity index (χ0n) is 17.9. The highest BCUT2D eigenvalue weighted by Crippen LogP contribution is 2.45. The van der Waals surface area contributed by atoms with Gasteiger partial charge in [-0.3, -0.25) is 4.79 Å². The van der Waals surface area contributed by atoms with Crippen molar-refractivity contribution in [1.29, 1.82) is 0 Å². The molecule has 1 aliphatic heterocycles. The summed E-state index contributed by atoms with van der Waals surface area (Å²) >= 11 is 0. The summed E-state index contributed by atoms with van der Waals surface area (Å²) in [6.07, 6.45) is 0. The van der Waals surface area contributed by atoms with Gasteiger partial charge in [0.15, 0.2) is 11.5 Å². The van der Waals surface area contributed by atoms with Crippen molar-refractivity contribution in [1.82, 2.24) is 10.1 Å². The number of rotatable bonds is 5. The lowest BCUT2D eigenvalue weighted by atomic mass is 9.86. The van der Waals surface area contributed by atoms with Gasteiger partial charge in [0.2, 0.25) is 0 Å². The number of hydrogen-bond acceptors (Lipinski definition) is 6. The van der Waals surface area contributed by atoms with Gasteiger partial charge in [-0.05, 0) is 18.5 Å². The zero-order valence-corrected chi connectivity index (χ0v) is 17.9. The third kappa shape index (κ3) is 2.98. The van der Waals surface area contributed by atoms with Gasteiger partial charge < -0.3 is 19.6 Å². The average Bonchev–Trinajstić information content (AvgIpc) is 3.21. The molecule has 2 heterocycles. The number of likely N-dealkylation sites (N-methyl/N-ethyl adjacent to an activating group) is 1. The first-order chi connectivity index (χ1) is 14.6. The molecule has 1 fully saturated rings. The molecule has 2 aliphatic rings. The fourth-order valence-corrected chi connectivity index (χ4v) is 4.54. The number of fused-ring (bicyclic) bond motifs is 2. The van der Waals surface area contributed by atoms with E-state index in [0.717, 1.165) is 67.1 Å². The molecule has 0 bridgehead atoms. The molecular formula is C24H28N4O2. The van der Waals surface area contributed by atoms with Crippen molar-refractivity contribution in [3.05, 3.63) is 41.5 Å². The predicted octanol–water partition coefficient (Wildman–Crippen LogP) is 4.25. The van der Waals surface area contributed by atoms with Gasteiger partial charge in [0.25, 0.3) is 0 Å². The van der Waals surface area contributed by atoms with Crippen molar-refractivity contribution >= 4 is 28.1 Å². The van der Waals surface area contributed by atoms with Gasteiger partial charge in [-0.25, -0.2) is 0 Å². The summed E-state index contributed by atoms with van der Waals surface area (Å²) < 4.78 is 5.86. The molecule has 0 atom stereocenters. The third-order valence-corrected chi connectivity index (χ3v) is 6.24. The van der Waals surface area contributed by atoms with Crippen molar-refractivity contribution in [2.45, 2.75) is 20.8 Å². The van der Waals surface area contributed by atoms with E-state index < -0.39 is 0 Å². The molecule has 3 aromatic rings. The standard InChI is InChI=1S/C24H28N4O2/c1-4-27-9-11-28(12-10-27)19-13-18(25-14-15(2)3)20-21-22(19)26-30-24(21)17-8-6-5-7-16(17)23(20)29/h5-8,13,15,25H,4,9-12,14H2,1-3H3. The summed E-state index contributed by atoms with van der Waals surface area (Å²) in [5.74, 6) is 1.22. The molecule has 5 rings (SSSR count). The number of anilines is 2. The Morgan fingerprint density at radius 2 is 1.87 bits per heavy atom. The highest BCUT2D eigenvalue weighted by molar-refractivity contribution is 6.28. The number of ketones is 1. The molecule has 1 aromatic heterocycles. The predicted molar refractivity (Wildman–Crippen MR) is 121 cm³/mol. The van der Waals surface area contributed by atoms with Gasteiger partial charge in [0.1, 0.15) is 5.52 Å². The quantitative estimate of drug-likeness (QED) is 0.537. The van der Waals surface area contributed by atoms with E-state index in [1.165, 1.54) is 0 Å². The SMILES string of the molecule is CCN1CCN(c2cc(NCC(C)C)c3c4c(onc24)-c2ccccc2C3=O)CC1. The Bertz CT molecular complexity index is 1110. The molecule has 1 saturated heterocycles. The van der Waals surface area contributed by atoms with Crippen LogP contribution < -0.4 is 10.2 Å². The average molecular weight is 405 g/mol. The van der Waals surface area contributed by atoms with Crippen LogP contribution in [-0.2, 0) is 0 Å². The maximum atomic E-state index is 13.5. The lowest BCUT2D eigenvalue weighted by Gasteiger charge is -2.36. The van der Waals surface area contributed by atoms with Crippen LogP contribution in [0.3, 0.4) is 0 Å². The number of carbonyl (C=O) groups excluding carboxylic acids is 1. The Labute approximate surface area is 176 Å². The summed E-state index contributed by atoms with van der Waals surface area (Å²) in [5, 5.41) is 8.85. The maximum Gasteiger partial charge on any atom is 0.196 e. The zero-order chi connectivity index (χ0) is 20.8. The minimum Gasteiger partial charge on any atom is -0.384 e. The molecule has 0 spiro atoms. The molecule has 6 nitrogen and oxygen atoms in total. The van der Waals surface area contributed by atoms with Crippen LogP contribution in [0, 0.1) is 5.92 Å². The minimum atomic E-state index is 0.0416. The third-order valence-electron chi connectivity index (χ3n) is 6.24. The lowest BCUT2D eigenvalue weighted by molar-refractivity contribution is 0.104. The molecular weight excluding hydrogens is 376 g/mol. The minimum absolute atomic E-state index is 0.0416. The van der Waals surface area contributed by atoms with Gasteiger partial charge in [0.05, 0.1) is 16.6 Å². The van der Waals surface area contributed by atoms with Gasteiger partial charge >= 0.3 is 0 Å². The highest BCUT2D eigenvalue weighted by atomic mass is 16.5. The Balaban J connectivity index is 1.69.